The molecule has 0 aliphatic heterocycles. The van der Waals surface area contributed by atoms with Crippen LogP contribution in [0.1, 0.15) is 6.92 Å². The number of hydrogen-bond donors (Lipinski definition) is 0. The fourth-order valence-corrected chi connectivity index (χ4v) is 1.29. The highest BCUT2D eigenvalue weighted by molar-refractivity contribution is 5.38. The van der Waals surface area contributed by atoms with Crippen LogP contribution in [-0.2, 0) is 0 Å². The van der Waals surface area contributed by atoms with E-state index < -0.39 is 39.8 Å². The van der Waals surface area contributed by atoms with Gasteiger partial charge in [0.15, 0.2) is 5.83 Å². The van der Waals surface area contributed by atoms with Crippen molar-refractivity contribution in [3.05, 3.63) is 43.7 Å². The van der Waals surface area contributed by atoms with Gasteiger partial charge in [-0.15, -0.1) is 0 Å². The van der Waals surface area contributed by atoms with Crippen LogP contribution < -0.4 is 0 Å². The van der Waals surface area contributed by atoms with Gasteiger partial charge < -0.3 is 0 Å². The first-order valence-corrected chi connectivity index (χ1v) is 4.12. The predicted molar refractivity (Wildman–Crippen MR) is 46.5 cm³/mol. The van der Waals surface area contributed by atoms with Crippen LogP contribution in [0.4, 0.5) is 17.6 Å². The number of allylic oxidation sites excluding steroid dienone is 1. The average Bonchev–Trinajstić information content (AvgIpc) is 2.29. The lowest BCUT2D eigenvalue weighted by Gasteiger charge is -2.25. The summed E-state index contributed by atoms with van der Waals surface area (Å²) >= 11 is 0. The second-order valence-corrected chi connectivity index (χ2v) is 3.17. The molecule has 2 atom stereocenters. The van der Waals surface area contributed by atoms with Gasteiger partial charge in [0.1, 0.15) is 17.4 Å². The first kappa shape index (κ1) is 13.0. The van der Waals surface area contributed by atoms with Crippen LogP contribution in [0, 0.1) is 16.0 Å². The Morgan fingerprint density at radius 2 is 2.06 bits per heavy atom. The number of alkyl halides is 1. The first-order chi connectivity index (χ1) is 7.78. The second kappa shape index (κ2) is 4.06. The highest BCUT2D eigenvalue weighted by atomic mass is 19.2. The Kier molecular flexibility index (Phi) is 3.10. The van der Waals surface area contributed by atoms with Gasteiger partial charge in [0.05, 0.1) is 4.92 Å². The number of hydrogen-bond acceptors (Lipinski definition) is 3. The molecule has 0 saturated heterocycles. The molecule has 0 heterocycles. The molecule has 0 fully saturated rings. The highest BCUT2D eigenvalue weighted by Crippen LogP contribution is 2.46. The Morgan fingerprint density at radius 3 is 2.47 bits per heavy atom. The molecule has 2 unspecified atom stereocenters. The van der Waals surface area contributed by atoms with Gasteiger partial charge >= 0.3 is 5.79 Å². The molecule has 0 aromatic heterocycles. The summed E-state index contributed by atoms with van der Waals surface area (Å²) in [5.74, 6) is -12.4. The normalized spacial score (nSPS) is 29.1. The molecule has 0 aromatic rings. The van der Waals surface area contributed by atoms with Crippen LogP contribution in [0.3, 0.4) is 0 Å². The topological polar surface area (TPSA) is 91.9 Å². The highest BCUT2D eigenvalue weighted by Gasteiger charge is 2.60. The van der Waals surface area contributed by atoms with E-state index in [-0.39, 0.29) is 0 Å². The van der Waals surface area contributed by atoms with Crippen molar-refractivity contribution in [3.8, 4) is 0 Å². The smallest absolute Gasteiger partial charge is 0.261 e. The van der Waals surface area contributed by atoms with Gasteiger partial charge in [-0.05, 0) is 12.5 Å². The van der Waals surface area contributed by atoms with E-state index in [1.807, 2.05) is 4.91 Å². The van der Waals surface area contributed by atoms with E-state index in [0.717, 1.165) is 0 Å². The van der Waals surface area contributed by atoms with E-state index in [2.05, 4.69) is 5.11 Å². The van der Waals surface area contributed by atoms with Crippen molar-refractivity contribution in [3.63, 3.8) is 0 Å². The van der Waals surface area contributed by atoms with E-state index in [0.29, 0.717) is 6.92 Å². The average molecular weight is 252 g/mol. The van der Waals surface area contributed by atoms with Gasteiger partial charge in [0.2, 0.25) is 5.83 Å². The molecule has 1 aliphatic carbocycles. The molecule has 1 aliphatic rings. The molecule has 92 valence electrons. The Hall–Kier alpha value is -2.09. The zero-order chi connectivity index (χ0) is 13.4. The molecule has 10 heteroatoms. The maximum Gasteiger partial charge on any atom is 0.419 e. The standard InChI is InChI=1S/C7H4F4N4O2/c1-2-3(8)4(9)5(13-14-12)6(10)7(2,11)15(16)17/h2H,1H3. The van der Waals surface area contributed by atoms with Crippen molar-refractivity contribution < 1.29 is 22.5 Å². The number of azide groups is 1. The fraction of sp³-hybridized carbons (Fsp3) is 0.429. The van der Waals surface area contributed by atoms with Crippen molar-refractivity contribution in [2.24, 2.45) is 11.0 Å². The molecule has 17 heavy (non-hydrogen) atoms. The van der Waals surface area contributed by atoms with Crippen molar-refractivity contribution in [2.45, 2.75) is 12.7 Å². The van der Waals surface area contributed by atoms with E-state index in [4.69, 9.17) is 5.53 Å². The maximum atomic E-state index is 13.7. The van der Waals surface area contributed by atoms with Crippen LogP contribution in [0.2, 0.25) is 0 Å². The number of halogens is 4. The molecular formula is C7H4F4N4O2. The Labute approximate surface area is 91.0 Å². The van der Waals surface area contributed by atoms with Gasteiger partial charge in [-0.1, -0.05) is 5.11 Å². The summed E-state index contributed by atoms with van der Waals surface area (Å²) in [6.45, 7) is 0.601. The van der Waals surface area contributed by atoms with Crippen LogP contribution in [0.15, 0.2) is 28.3 Å². The number of nitrogens with zero attached hydrogens (tertiary/aromatic N) is 4. The minimum atomic E-state index is -3.98. The van der Waals surface area contributed by atoms with Gasteiger partial charge in [-0.2, -0.15) is 8.78 Å². The molecule has 0 amide bonds. The summed E-state index contributed by atoms with van der Waals surface area (Å²) in [6, 6.07) is 0. The lowest BCUT2D eigenvalue weighted by molar-refractivity contribution is -0.606. The van der Waals surface area contributed by atoms with E-state index in [1.54, 1.807) is 0 Å². The van der Waals surface area contributed by atoms with Gasteiger partial charge in [0, 0.05) is 4.91 Å². The molecule has 0 spiro atoms. The third-order valence-electron chi connectivity index (χ3n) is 2.30. The van der Waals surface area contributed by atoms with Crippen molar-refractivity contribution in [2.75, 3.05) is 0 Å². The summed E-state index contributed by atoms with van der Waals surface area (Å²) in [6.07, 6.45) is 0. The quantitative estimate of drug-likeness (QED) is 0.143. The summed E-state index contributed by atoms with van der Waals surface area (Å²) in [4.78, 5) is 10.6. The maximum absolute atomic E-state index is 13.7. The molecule has 0 radical (unpaired) electrons. The summed E-state index contributed by atoms with van der Waals surface area (Å²) in [5, 5.41) is 12.8. The summed E-state index contributed by atoms with van der Waals surface area (Å²) in [7, 11) is 0. The third-order valence-corrected chi connectivity index (χ3v) is 2.30. The zero-order valence-corrected chi connectivity index (χ0v) is 8.19. The van der Waals surface area contributed by atoms with E-state index in [1.165, 1.54) is 0 Å². The van der Waals surface area contributed by atoms with Crippen molar-refractivity contribution >= 4 is 0 Å². The Balaban J connectivity index is 3.61. The predicted octanol–water partition coefficient (Wildman–Crippen LogP) is 3.22. The van der Waals surface area contributed by atoms with E-state index >= 15 is 0 Å². The lowest BCUT2D eigenvalue weighted by atomic mass is 9.90. The summed E-state index contributed by atoms with van der Waals surface area (Å²) in [5.41, 5.74) is 6.29. The largest absolute Gasteiger partial charge is 0.419 e. The van der Waals surface area contributed by atoms with Gasteiger partial charge in [-0.25, -0.2) is 8.78 Å². The van der Waals surface area contributed by atoms with Crippen molar-refractivity contribution in [1.82, 2.24) is 0 Å². The summed E-state index contributed by atoms with van der Waals surface area (Å²) < 4.78 is 53.3. The second-order valence-electron chi connectivity index (χ2n) is 3.17. The Morgan fingerprint density at radius 1 is 1.53 bits per heavy atom. The van der Waals surface area contributed by atoms with Crippen LogP contribution in [0.25, 0.3) is 10.4 Å². The first-order valence-electron chi connectivity index (χ1n) is 4.12. The molecular weight excluding hydrogens is 248 g/mol. The molecule has 0 bridgehead atoms. The molecule has 1 rings (SSSR count). The number of nitro groups is 1. The van der Waals surface area contributed by atoms with Gasteiger partial charge in [-0.3, -0.25) is 10.1 Å². The van der Waals surface area contributed by atoms with E-state index in [9.17, 15) is 27.7 Å². The SMILES string of the molecule is CC1C(F)=C(F)C(N=[N+]=[N-])=C(F)C1(F)[N+](=O)[O-]. The molecule has 6 nitrogen and oxygen atoms in total. The van der Waals surface area contributed by atoms with Crippen molar-refractivity contribution in [1.29, 1.82) is 0 Å². The number of rotatable bonds is 2. The minimum Gasteiger partial charge on any atom is -0.261 e. The zero-order valence-electron chi connectivity index (χ0n) is 8.19. The van der Waals surface area contributed by atoms with Crippen LogP contribution >= 0.6 is 0 Å². The minimum absolute atomic E-state index is 0.601. The third kappa shape index (κ3) is 1.62. The molecule has 0 aromatic carbocycles. The fourth-order valence-electron chi connectivity index (χ4n) is 1.29. The lowest BCUT2D eigenvalue weighted by Crippen LogP contribution is -2.43. The monoisotopic (exact) mass is 252 g/mol. The van der Waals surface area contributed by atoms with Gasteiger partial charge in [0.25, 0.3) is 0 Å². The Bertz CT molecular complexity index is 496. The molecule has 0 saturated carbocycles. The molecule has 0 N–H and O–H groups in total. The van der Waals surface area contributed by atoms with Crippen LogP contribution in [0.5, 0.6) is 0 Å². The van der Waals surface area contributed by atoms with Crippen LogP contribution in [-0.4, -0.2) is 10.7 Å².